The van der Waals surface area contributed by atoms with Gasteiger partial charge >= 0.3 is 0 Å². The minimum absolute atomic E-state index is 0.0648. The molecule has 0 amide bonds. The summed E-state index contributed by atoms with van der Waals surface area (Å²) in [5, 5.41) is 10.4. The fraction of sp³-hybridized carbons (Fsp3) is 0.250. The summed E-state index contributed by atoms with van der Waals surface area (Å²) >= 11 is 0. The molecule has 1 rings (SSSR count). The Hall–Kier alpha value is -1.78. The average molecular weight is 180 g/mol. The Morgan fingerprint density at radius 3 is 2.54 bits per heavy atom. The van der Waals surface area contributed by atoms with Crippen molar-refractivity contribution in [2.45, 2.75) is 13.8 Å². The molecule has 0 aliphatic rings. The lowest BCUT2D eigenvalue weighted by Crippen LogP contribution is -2.01. The van der Waals surface area contributed by atoms with Gasteiger partial charge in [-0.1, -0.05) is 0 Å². The van der Waals surface area contributed by atoms with E-state index in [1.807, 2.05) is 0 Å². The first-order valence-electron chi connectivity index (χ1n) is 3.65. The summed E-state index contributed by atoms with van der Waals surface area (Å²) in [6, 6.07) is 2.65. The molecule has 1 aromatic rings. The fourth-order valence-corrected chi connectivity index (χ4v) is 0.943. The summed E-state index contributed by atoms with van der Waals surface area (Å²) in [7, 11) is 0. The lowest BCUT2D eigenvalue weighted by molar-refractivity contribution is -0.385. The van der Waals surface area contributed by atoms with Crippen LogP contribution in [-0.4, -0.2) is 15.7 Å². The fourth-order valence-electron chi connectivity index (χ4n) is 0.943. The third-order valence-corrected chi connectivity index (χ3v) is 1.62. The molecule has 1 heterocycles. The summed E-state index contributed by atoms with van der Waals surface area (Å²) in [5.41, 5.74) is 0.450. The molecule has 0 aliphatic heterocycles. The van der Waals surface area contributed by atoms with E-state index in [0.717, 1.165) is 0 Å². The van der Waals surface area contributed by atoms with Crippen molar-refractivity contribution in [2.24, 2.45) is 0 Å². The number of carbonyl (C=O) groups is 1. The summed E-state index contributed by atoms with van der Waals surface area (Å²) in [5.74, 6) is -0.196. The van der Waals surface area contributed by atoms with E-state index in [9.17, 15) is 14.9 Å². The third-order valence-electron chi connectivity index (χ3n) is 1.62. The van der Waals surface area contributed by atoms with Gasteiger partial charge in [0, 0.05) is 13.0 Å². The molecule has 1 aromatic heterocycles. The van der Waals surface area contributed by atoms with Crippen LogP contribution in [0.4, 0.5) is 5.69 Å². The molecule has 0 atom stereocenters. The smallest absolute Gasteiger partial charge is 0.290 e. The highest BCUT2D eigenvalue weighted by molar-refractivity contribution is 5.92. The number of carbonyl (C=O) groups excluding carboxylic acids is 1. The van der Waals surface area contributed by atoms with Crippen molar-refractivity contribution in [3.63, 3.8) is 0 Å². The second-order valence-electron chi connectivity index (χ2n) is 2.61. The van der Waals surface area contributed by atoms with Crippen molar-refractivity contribution in [1.82, 2.24) is 4.98 Å². The van der Waals surface area contributed by atoms with Gasteiger partial charge in [-0.15, -0.1) is 0 Å². The van der Waals surface area contributed by atoms with Crippen molar-refractivity contribution in [3.05, 3.63) is 33.6 Å². The number of rotatable bonds is 2. The summed E-state index contributed by atoms with van der Waals surface area (Å²) < 4.78 is 0. The van der Waals surface area contributed by atoms with Gasteiger partial charge in [-0.3, -0.25) is 14.9 Å². The Bertz CT molecular complexity index is 374. The third kappa shape index (κ3) is 1.87. The molecule has 0 saturated carbocycles. The van der Waals surface area contributed by atoms with Gasteiger partial charge in [-0.2, -0.15) is 0 Å². The summed E-state index contributed by atoms with van der Waals surface area (Å²) in [4.78, 5) is 24.5. The number of hydrogen-bond donors (Lipinski definition) is 0. The topological polar surface area (TPSA) is 73.1 Å². The standard InChI is InChI=1S/C8H8N2O3/c1-5-8(10(12)13)4-3-7(9-5)6(2)11/h3-4H,1-2H3. The molecular weight excluding hydrogens is 172 g/mol. The highest BCUT2D eigenvalue weighted by atomic mass is 16.6. The highest BCUT2D eigenvalue weighted by Crippen LogP contribution is 2.15. The first-order valence-corrected chi connectivity index (χ1v) is 3.65. The van der Waals surface area contributed by atoms with E-state index in [2.05, 4.69) is 4.98 Å². The van der Waals surface area contributed by atoms with Crippen LogP contribution in [0.25, 0.3) is 0 Å². The van der Waals surface area contributed by atoms with Crippen molar-refractivity contribution in [2.75, 3.05) is 0 Å². The molecule has 0 radical (unpaired) electrons. The molecule has 68 valence electrons. The highest BCUT2D eigenvalue weighted by Gasteiger charge is 2.12. The van der Waals surface area contributed by atoms with Gasteiger partial charge in [-0.25, -0.2) is 4.98 Å². The monoisotopic (exact) mass is 180 g/mol. The zero-order chi connectivity index (χ0) is 10.0. The molecule has 13 heavy (non-hydrogen) atoms. The molecular formula is C8H8N2O3. The maximum absolute atomic E-state index is 10.8. The SMILES string of the molecule is CC(=O)c1ccc([N+](=O)[O-])c(C)n1. The van der Waals surface area contributed by atoms with E-state index < -0.39 is 4.92 Å². The maximum Gasteiger partial charge on any atom is 0.290 e. The van der Waals surface area contributed by atoms with Crippen LogP contribution in [0, 0.1) is 17.0 Å². The number of nitro groups is 1. The minimum Gasteiger partial charge on any atom is -0.293 e. The van der Waals surface area contributed by atoms with Crippen molar-refractivity contribution in [1.29, 1.82) is 0 Å². The molecule has 0 saturated heterocycles. The van der Waals surface area contributed by atoms with Crippen molar-refractivity contribution in [3.8, 4) is 0 Å². The largest absolute Gasteiger partial charge is 0.293 e. The second kappa shape index (κ2) is 3.30. The van der Waals surface area contributed by atoms with Gasteiger partial charge < -0.3 is 0 Å². The normalized spacial score (nSPS) is 9.69. The number of nitrogens with zero attached hydrogens (tertiary/aromatic N) is 2. The number of ketones is 1. The Labute approximate surface area is 74.6 Å². The molecule has 0 fully saturated rings. The van der Waals surface area contributed by atoms with E-state index in [1.165, 1.54) is 26.0 Å². The lowest BCUT2D eigenvalue weighted by atomic mass is 10.2. The van der Waals surface area contributed by atoms with Gasteiger partial charge in [0.2, 0.25) is 0 Å². The Morgan fingerprint density at radius 1 is 1.54 bits per heavy atom. The van der Waals surface area contributed by atoms with E-state index in [1.54, 1.807) is 0 Å². The predicted octanol–water partition coefficient (Wildman–Crippen LogP) is 1.50. The van der Waals surface area contributed by atoms with E-state index in [0.29, 0.717) is 0 Å². The van der Waals surface area contributed by atoms with Gasteiger partial charge in [0.1, 0.15) is 11.4 Å². The van der Waals surface area contributed by atoms with Crippen LogP contribution in [0.3, 0.4) is 0 Å². The quantitative estimate of drug-likeness (QED) is 0.392. The Balaban J connectivity index is 3.20. The zero-order valence-electron chi connectivity index (χ0n) is 7.27. The number of Topliss-reactive ketones (excluding diaryl/α,β-unsaturated/α-hetero) is 1. The van der Waals surface area contributed by atoms with Crippen LogP contribution in [0.5, 0.6) is 0 Å². The molecule has 0 aliphatic carbocycles. The van der Waals surface area contributed by atoms with Gasteiger partial charge in [0.05, 0.1) is 4.92 Å². The molecule has 0 bridgehead atoms. The van der Waals surface area contributed by atoms with E-state index in [-0.39, 0.29) is 22.9 Å². The van der Waals surface area contributed by atoms with Crippen LogP contribution in [0.15, 0.2) is 12.1 Å². The summed E-state index contributed by atoms with van der Waals surface area (Å²) in [6.45, 7) is 2.87. The zero-order valence-corrected chi connectivity index (χ0v) is 7.27. The average Bonchev–Trinajstić information content (AvgIpc) is 2.03. The number of pyridine rings is 1. The molecule has 0 unspecified atom stereocenters. The van der Waals surface area contributed by atoms with Crippen molar-refractivity contribution < 1.29 is 9.72 Å². The van der Waals surface area contributed by atoms with Crippen molar-refractivity contribution >= 4 is 11.5 Å². The van der Waals surface area contributed by atoms with E-state index in [4.69, 9.17) is 0 Å². The second-order valence-corrected chi connectivity index (χ2v) is 2.61. The van der Waals surface area contributed by atoms with Crippen LogP contribution in [-0.2, 0) is 0 Å². The number of aromatic nitrogens is 1. The molecule has 0 aromatic carbocycles. The summed E-state index contributed by atoms with van der Waals surface area (Å²) in [6.07, 6.45) is 0. The predicted molar refractivity (Wildman–Crippen MR) is 45.6 cm³/mol. The number of aryl methyl sites for hydroxylation is 1. The van der Waals surface area contributed by atoms with Crippen LogP contribution in [0.2, 0.25) is 0 Å². The van der Waals surface area contributed by atoms with Gasteiger partial charge in [0.15, 0.2) is 5.78 Å². The molecule has 5 nitrogen and oxygen atoms in total. The Morgan fingerprint density at radius 2 is 2.15 bits per heavy atom. The Kier molecular flexibility index (Phi) is 2.36. The number of hydrogen-bond acceptors (Lipinski definition) is 4. The van der Waals surface area contributed by atoms with Crippen LogP contribution < -0.4 is 0 Å². The molecule has 0 N–H and O–H groups in total. The van der Waals surface area contributed by atoms with Gasteiger partial charge in [0.25, 0.3) is 5.69 Å². The lowest BCUT2D eigenvalue weighted by Gasteiger charge is -1.97. The maximum atomic E-state index is 10.8. The van der Waals surface area contributed by atoms with Crippen LogP contribution >= 0.6 is 0 Å². The molecule has 0 spiro atoms. The molecule has 5 heteroatoms. The van der Waals surface area contributed by atoms with E-state index >= 15 is 0 Å². The van der Waals surface area contributed by atoms with Gasteiger partial charge in [-0.05, 0) is 13.0 Å². The van der Waals surface area contributed by atoms with Crippen LogP contribution in [0.1, 0.15) is 23.1 Å². The minimum atomic E-state index is -0.522. The first kappa shape index (κ1) is 9.31. The first-order chi connectivity index (χ1) is 6.02.